The van der Waals surface area contributed by atoms with Crippen LogP contribution in [0.2, 0.25) is 0 Å². The van der Waals surface area contributed by atoms with Crippen molar-refractivity contribution in [2.24, 2.45) is 5.92 Å². The zero-order chi connectivity index (χ0) is 15.7. The number of nitrogens with zero attached hydrogens (tertiary/aromatic N) is 2. The predicted octanol–water partition coefficient (Wildman–Crippen LogP) is 1.44. The van der Waals surface area contributed by atoms with Crippen molar-refractivity contribution in [2.75, 3.05) is 26.2 Å². The van der Waals surface area contributed by atoms with E-state index in [1.807, 2.05) is 18.7 Å². The molecule has 0 atom stereocenters. The summed E-state index contributed by atoms with van der Waals surface area (Å²) in [6, 6.07) is 0. The minimum Gasteiger partial charge on any atom is -0.363 e. The van der Waals surface area contributed by atoms with E-state index in [4.69, 9.17) is 0 Å². The monoisotopic (exact) mass is 303 g/mol. The highest BCUT2D eigenvalue weighted by atomic mass is 16.2. The van der Waals surface area contributed by atoms with Crippen LogP contribution in [0.4, 0.5) is 0 Å². The van der Waals surface area contributed by atoms with Crippen molar-refractivity contribution in [1.29, 1.82) is 0 Å². The second kappa shape index (κ2) is 6.24. The molecule has 2 fully saturated rings. The lowest BCUT2D eigenvalue weighted by Crippen LogP contribution is -2.50. The second-order valence-electron chi connectivity index (χ2n) is 6.63. The molecule has 3 rings (SSSR count). The average molecular weight is 303 g/mol. The largest absolute Gasteiger partial charge is 0.363 e. The fourth-order valence-electron chi connectivity index (χ4n) is 3.23. The Morgan fingerprint density at radius 1 is 1.23 bits per heavy atom. The summed E-state index contributed by atoms with van der Waals surface area (Å²) in [6.07, 6.45) is 5.14. The van der Waals surface area contributed by atoms with Gasteiger partial charge in [-0.15, -0.1) is 0 Å². The Labute approximate surface area is 131 Å². The van der Waals surface area contributed by atoms with Gasteiger partial charge in [0.15, 0.2) is 5.43 Å². The Morgan fingerprint density at radius 3 is 2.50 bits per heavy atom. The Balaban J connectivity index is 1.57. The molecule has 0 spiro atoms. The van der Waals surface area contributed by atoms with E-state index in [1.54, 1.807) is 6.20 Å². The van der Waals surface area contributed by atoms with E-state index in [1.165, 1.54) is 6.42 Å². The number of nitrogens with one attached hydrogen (secondary N) is 1. The number of hydrogen-bond donors (Lipinski definition) is 1. The van der Waals surface area contributed by atoms with Gasteiger partial charge in [0.2, 0.25) is 5.91 Å². The first kappa shape index (κ1) is 15.3. The summed E-state index contributed by atoms with van der Waals surface area (Å²) in [6.45, 7) is 7.86. The first-order valence-corrected chi connectivity index (χ1v) is 8.25. The molecule has 1 saturated carbocycles. The van der Waals surface area contributed by atoms with Crippen molar-refractivity contribution in [2.45, 2.75) is 39.7 Å². The molecule has 5 nitrogen and oxygen atoms in total. The Bertz CT molecular complexity index is 611. The number of aromatic amines is 1. The van der Waals surface area contributed by atoms with Crippen molar-refractivity contribution in [3.63, 3.8) is 0 Å². The number of aromatic nitrogens is 1. The molecule has 0 bridgehead atoms. The number of aryl methyl sites for hydroxylation is 1. The van der Waals surface area contributed by atoms with Crippen LogP contribution in [0.3, 0.4) is 0 Å². The fourth-order valence-corrected chi connectivity index (χ4v) is 3.23. The van der Waals surface area contributed by atoms with Gasteiger partial charge in [-0.05, 0) is 26.7 Å². The van der Waals surface area contributed by atoms with Crippen molar-refractivity contribution in [1.82, 2.24) is 14.8 Å². The van der Waals surface area contributed by atoms with Crippen molar-refractivity contribution in [3.8, 4) is 0 Å². The SMILES string of the molecule is Cc1c[nH]c(CN2CCN(C(=O)C3CCC3)CC2)c(C)c1=O. The van der Waals surface area contributed by atoms with Gasteiger partial charge in [0.1, 0.15) is 0 Å². The maximum absolute atomic E-state index is 12.2. The van der Waals surface area contributed by atoms with E-state index >= 15 is 0 Å². The number of hydrogen-bond acceptors (Lipinski definition) is 3. The van der Waals surface area contributed by atoms with Crippen LogP contribution in [0, 0.1) is 19.8 Å². The normalized spacial score (nSPS) is 20.0. The molecule has 1 amide bonds. The molecule has 1 aromatic heterocycles. The molecule has 1 aliphatic carbocycles. The third-order valence-corrected chi connectivity index (χ3v) is 5.13. The molecule has 1 saturated heterocycles. The fraction of sp³-hybridized carbons (Fsp3) is 0.647. The molecule has 0 unspecified atom stereocenters. The predicted molar refractivity (Wildman–Crippen MR) is 85.7 cm³/mol. The molecule has 1 aromatic rings. The number of rotatable bonds is 3. The summed E-state index contributed by atoms with van der Waals surface area (Å²) in [4.78, 5) is 31.8. The third kappa shape index (κ3) is 2.95. The van der Waals surface area contributed by atoms with Gasteiger partial charge >= 0.3 is 0 Å². The Hall–Kier alpha value is -1.62. The third-order valence-electron chi connectivity index (χ3n) is 5.13. The van der Waals surface area contributed by atoms with Crippen LogP contribution in [0.15, 0.2) is 11.0 Å². The van der Waals surface area contributed by atoms with E-state index in [2.05, 4.69) is 9.88 Å². The number of piperazine rings is 1. The van der Waals surface area contributed by atoms with Crippen molar-refractivity contribution < 1.29 is 4.79 Å². The van der Waals surface area contributed by atoms with E-state index < -0.39 is 0 Å². The molecule has 0 aromatic carbocycles. The molecule has 5 heteroatoms. The quantitative estimate of drug-likeness (QED) is 0.919. The van der Waals surface area contributed by atoms with Crippen LogP contribution in [-0.4, -0.2) is 46.9 Å². The van der Waals surface area contributed by atoms with Crippen molar-refractivity contribution >= 4 is 5.91 Å². The molecule has 22 heavy (non-hydrogen) atoms. The summed E-state index contributed by atoms with van der Waals surface area (Å²) < 4.78 is 0. The number of pyridine rings is 1. The smallest absolute Gasteiger partial charge is 0.225 e. The molecule has 1 N–H and O–H groups in total. The summed E-state index contributed by atoms with van der Waals surface area (Å²) in [5.41, 5.74) is 2.70. The zero-order valence-corrected chi connectivity index (χ0v) is 13.5. The lowest BCUT2D eigenvalue weighted by Gasteiger charge is -2.38. The average Bonchev–Trinajstić information content (AvgIpc) is 2.47. The standard InChI is InChI=1S/C17H25N3O2/c1-12-10-18-15(13(2)16(12)21)11-19-6-8-20(9-7-19)17(22)14-4-3-5-14/h10,14H,3-9,11H2,1-2H3,(H,18,21). The number of carbonyl (C=O) groups excluding carboxylic acids is 1. The van der Waals surface area contributed by atoms with Gasteiger partial charge in [-0.3, -0.25) is 14.5 Å². The number of amides is 1. The van der Waals surface area contributed by atoms with Crippen LogP contribution >= 0.6 is 0 Å². The molecular weight excluding hydrogens is 278 g/mol. The lowest BCUT2D eigenvalue weighted by atomic mass is 9.84. The lowest BCUT2D eigenvalue weighted by molar-refractivity contribution is -0.140. The molecule has 1 aliphatic heterocycles. The molecular formula is C17H25N3O2. The van der Waals surface area contributed by atoms with Gasteiger partial charge in [-0.2, -0.15) is 0 Å². The maximum Gasteiger partial charge on any atom is 0.225 e. The molecule has 0 radical (unpaired) electrons. The maximum atomic E-state index is 12.2. The minimum atomic E-state index is 0.132. The summed E-state index contributed by atoms with van der Waals surface area (Å²) in [7, 11) is 0. The number of carbonyl (C=O) groups is 1. The minimum absolute atomic E-state index is 0.132. The van der Waals surface area contributed by atoms with Crippen LogP contribution in [0.1, 0.15) is 36.1 Å². The van der Waals surface area contributed by atoms with E-state index in [-0.39, 0.29) is 5.43 Å². The highest BCUT2D eigenvalue weighted by Crippen LogP contribution is 2.28. The highest BCUT2D eigenvalue weighted by molar-refractivity contribution is 5.79. The Kier molecular flexibility index (Phi) is 4.34. The van der Waals surface area contributed by atoms with Gasteiger partial charge in [0.25, 0.3) is 0 Å². The van der Waals surface area contributed by atoms with Gasteiger partial charge in [-0.1, -0.05) is 6.42 Å². The topological polar surface area (TPSA) is 56.4 Å². The van der Waals surface area contributed by atoms with Crippen molar-refractivity contribution in [3.05, 3.63) is 33.2 Å². The Morgan fingerprint density at radius 2 is 1.91 bits per heavy atom. The summed E-state index contributed by atoms with van der Waals surface area (Å²) >= 11 is 0. The molecule has 2 heterocycles. The first-order chi connectivity index (χ1) is 10.6. The van der Waals surface area contributed by atoms with Crippen LogP contribution in [0.25, 0.3) is 0 Å². The highest BCUT2D eigenvalue weighted by Gasteiger charge is 2.31. The van der Waals surface area contributed by atoms with Gasteiger partial charge in [-0.25, -0.2) is 0 Å². The van der Waals surface area contributed by atoms with Crippen LogP contribution < -0.4 is 5.43 Å². The molecule has 120 valence electrons. The van der Waals surface area contributed by atoms with E-state index in [0.717, 1.165) is 62.4 Å². The van der Waals surface area contributed by atoms with Crippen LogP contribution in [-0.2, 0) is 11.3 Å². The number of H-pyrrole nitrogens is 1. The second-order valence-corrected chi connectivity index (χ2v) is 6.63. The van der Waals surface area contributed by atoms with E-state index in [9.17, 15) is 9.59 Å². The van der Waals surface area contributed by atoms with Gasteiger partial charge in [0.05, 0.1) is 0 Å². The van der Waals surface area contributed by atoms with Gasteiger partial charge < -0.3 is 9.88 Å². The summed E-state index contributed by atoms with van der Waals surface area (Å²) in [5.74, 6) is 0.646. The van der Waals surface area contributed by atoms with E-state index in [0.29, 0.717) is 11.8 Å². The molecule has 2 aliphatic rings. The zero-order valence-electron chi connectivity index (χ0n) is 13.5. The van der Waals surface area contributed by atoms with Gasteiger partial charge in [0, 0.05) is 61.7 Å². The summed E-state index contributed by atoms with van der Waals surface area (Å²) in [5, 5.41) is 0. The first-order valence-electron chi connectivity index (χ1n) is 8.25. The van der Waals surface area contributed by atoms with Crippen LogP contribution in [0.5, 0.6) is 0 Å².